The second kappa shape index (κ2) is 14.7. The van der Waals surface area contributed by atoms with E-state index in [2.05, 4.69) is 10.3 Å². The highest BCUT2D eigenvalue weighted by Gasteiger charge is 2.23. The Morgan fingerprint density at radius 2 is 1.86 bits per heavy atom. The number of thiazole rings is 1. The first kappa shape index (κ1) is 30.9. The number of carbonyl (C=O) groups is 2. The Balaban J connectivity index is 1.67. The van der Waals surface area contributed by atoms with Crippen molar-refractivity contribution >= 4 is 41.1 Å². The minimum Gasteiger partial charge on any atom is -0.489 e. The number of hydrogen-bond acceptors (Lipinski definition) is 6. The zero-order chi connectivity index (χ0) is 30.1. The fourth-order valence-electron chi connectivity index (χ4n) is 4.42. The lowest BCUT2D eigenvalue weighted by Crippen LogP contribution is -2.41. The van der Waals surface area contributed by atoms with Crippen molar-refractivity contribution in [1.29, 1.82) is 0 Å². The molecule has 0 aliphatic heterocycles. The molecule has 0 aliphatic rings. The van der Waals surface area contributed by atoms with Gasteiger partial charge in [0.25, 0.3) is 5.91 Å². The largest absolute Gasteiger partial charge is 0.489 e. The van der Waals surface area contributed by atoms with E-state index in [1.807, 2.05) is 55.7 Å². The lowest BCUT2D eigenvalue weighted by Gasteiger charge is -2.18. The first-order chi connectivity index (χ1) is 20.2. The van der Waals surface area contributed by atoms with Crippen LogP contribution in [0.15, 0.2) is 77.9 Å². The zero-order valence-corrected chi connectivity index (χ0v) is 24.7. The van der Waals surface area contributed by atoms with Gasteiger partial charge in [-0.15, -0.1) is 11.3 Å². The molecule has 1 aromatic heterocycles. The van der Waals surface area contributed by atoms with Crippen LogP contribution in [-0.2, 0) is 11.2 Å². The standard InChI is InChI=1S/C32H30F2N2O4S2/c1-20-5-3-4-6-27(20)29-13-21(7-8-28(29)31(37)36-30(32(38)39)9-10-41-2)11-22(12-26-17-35-19-42-26)18-40-25-15-23(33)14-24(34)16-25/h3-8,12-17,19,30H,9-11,18H2,1-2H3,(H,36,37)(H,38,39)/b22-12+/t30-/m0/s1. The number of nitrogens with one attached hydrogen (secondary N) is 1. The number of amides is 1. The minimum atomic E-state index is -1.08. The summed E-state index contributed by atoms with van der Waals surface area (Å²) in [6.45, 7) is 2.02. The van der Waals surface area contributed by atoms with Gasteiger partial charge < -0.3 is 15.2 Å². The Morgan fingerprint density at radius 1 is 1.10 bits per heavy atom. The third-order valence-corrected chi connectivity index (χ3v) is 7.83. The van der Waals surface area contributed by atoms with E-state index in [1.165, 1.54) is 23.1 Å². The first-order valence-electron chi connectivity index (χ1n) is 13.1. The Morgan fingerprint density at radius 3 is 2.52 bits per heavy atom. The van der Waals surface area contributed by atoms with E-state index in [0.29, 0.717) is 29.7 Å². The van der Waals surface area contributed by atoms with Crippen molar-refractivity contribution in [3.63, 3.8) is 0 Å². The van der Waals surface area contributed by atoms with E-state index in [4.69, 9.17) is 4.74 Å². The summed E-state index contributed by atoms with van der Waals surface area (Å²) in [5.74, 6) is -2.33. The third-order valence-electron chi connectivity index (χ3n) is 6.47. The second-order valence-corrected chi connectivity index (χ2v) is 11.5. The normalized spacial score (nSPS) is 12.1. The van der Waals surface area contributed by atoms with E-state index >= 15 is 0 Å². The lowest BCUT2D eigenvalue weighted by atomic mass is 9.92. The van der Waals surface area contributed by atoms with Crippen LogP contribution in [0.2, 0.25) is 0 Å². The van der Waals surface area contributed by atoms with Gasteiger partial charge in [0.2, 0.25) is 0 Å². The molecular weight excluding hydrogens is 578 g/mol. The molecule has 4 aromatic rings. The van der Waals surface area contributed by atoms with Gasteiger partial charge >= 0.3 is 5.97 Å². The fraction of sp³-hybridized carbons (Fsp3) is 0.219. The van der Waals surface area contributed by atoms with Crippen molar-refractivity contribution in [2.45, 2.75) is 25.8 Å². The molecule has 0 fully saturated rings. The van der Waals surface area contributed by atoms with Crippen molar-refractivity contribution in [2.75, 3.05) is 18.6 Å². The number of carbonyl (C=O) groups excluding carboxylic acids is 1. The van der Waals surface area contributed by atoms with Gasteiger partial charge in [0, 0.05) is 34.8 Å². The molecule has 10 heteroatoms. The number of aryl methyl sites for hydroxylation is 1. The Bertz CT molecular complexity index is 1550. The van der Waals surface area contributed by atoms with E-state index in [0.717, 1.165) is 45.3 Å². The number of rotatable bonds is 13. The van der Waals surface area contributed by atoms with Crippen LogP contribution < -0.4 is 10.1 Å². The number of carboxylic acids is 1. The molecule has 1 heterocycles. The summed E-state index contributed by atoms with van der Waals surface area (Å²) in [6.07, 6.45) is 6.25. The quantitative estimate of drug-likeness (QED) is 0.169. The van der Waals surface area contributed by atoms with Crippen LogP contribution in [0.5, 0.6) is 5.75 Å². The summed E-state index contributed by atoms with van der Waals surface area (Å²) >= 11 is 2.96. The van der Waals surface area contributed by atoms with Crippen LogP contribution >= 0.6 is 23.1 Å². The maximum Gasteiger partial charge on any atom is 0.326 e. The summed E-state index contributed by atoms with van der Waals surface area (Å²) in [5.41, 5.74) is 6.23. The van der Waals surface area contributed by atoms with Gasteiger partial charge in [0.05, 0.1) is 5.51 Å². The van der Waals surface area contributed by atoms with Crippen LogP contribution in [0.3, 0.4) is 0 Å². The van der Waals surface area contributed by atoms with Crippen LogP contribution in [0, 0.1) is 18.6 Å². The van der Waals surface area contributed by atoms with Gasteiger partial charge in [-0.3, -0.25) is 9.78 Å². The predicted molar refractivity (Wildman–Crippen MR) is 164 cm³/mol. The fourth-order valence-corrected chi connectivity index (χ4v) is 5.49. The smallest absolute Gasteiger partial charge is 0.326 e. The summed E-state index contributed by atoms with van der Waals surface area (Å²) in [5, 5.41) is 12.3. The molecule has 6 nitrogen and oxygen atoms in total. The molecule has 0 saturated heterocycles. The molecule has 0 saturated carbocycles. The monoisotopic (exact) mass is 608 g/mol. The SMILES string of the molecule is CSCC[C@H](NC(=O)c1ccc(C/C(=C\c2cncs2)COc2cc(F)cc(F)c2)cc1-c1ccccc1C)C(=O)O. The molecule has 0 aliphatic carbocycles. The van der Waals surface area contributed by atoms with E-state index in [9.17, 15) is 23.5 Å². The minimum absolute atomic E-state index is 0.0679. The molecule has 2 N–H and O–H groups in total. The number of halogens is 2. The molecule has 4 rings (SSSR count). The van der Waals surface area contributed by atoms with Crippen molar-refractivity contribution in [1.82, 2.24) is 10.3 Å². The summed E-state index contributed by atoms with van der Waals surface area (Å²) < 4.78 is 33.2. The van der Waals surface area contributed by atoms with Crippen LogP contribution in [0.25, 0.3) is 17.2 Å². The number of thioether (sulfide) groups is 1. The molecule has 1 atom stereocenters. The molecular formula is C32H30F2N2O4S2. The molecule has 3 aromatic carbocycles. The van der Waals surface area contributed by atoms with Crippen molar-refractivity contribution in [2.24, 2.45) is 0 Å². The first-order valence-corrected chi connectivity index (χ1v) is 15.4. The van der Waals surface area contributed by atoms with Crippen molar-refractivity contribution < 1.29 is 28.2 Å². The molecule has 0 radical (unpaired) electrons. The van der Waals surface area contributed by atoms with Gasteiger partial charge in [0.1, 0.15) is 30.0 Å². The van der Waals surface area contributed by atoms with Gasteiger partial charge in [-0.25, -0.2) is 13.6 Å². The highest BCUT2D eigenvalue weighted by molar-refractivity contribution is 7.98. The number of benzene rings is 3. The summed E-state index contributed by atoms with van der Waals surface area (Å²) in [7, 11) is 0. The average Bonchev–Trinajstić information content (AvgIpc) is 3.46. The molecule has 0 spiro atoms. The highest BCUT2D eigenvalue weighted by Crippen LogP contribution is 2.30. The Hall–Kier alpha value is -4.02. The van der Waals surface area contributed by atoms with Gasteiger partial charge in [0.15, 0.2) is 0 Å². The Labute approximate surface area is 251 Å². The third kappa shape index (κ3) is 8.50. The van der Waals surface area contributed by atoms with E-state index in [-0.39, 0.29) is 12.4 Å². The Kier molecular flexibility index (Phi) is 10.9. The number of ether oxygens (including phenoxy) is 1. The van der Waals surface area contributed by atoms with Crippen LogP contribution in [0.4, 0.5) is 8.78 Å². The zero-order valence-electron chi connectivity index (χ0n) is 23.1. The maximum atomic E-state index is 13.7. The molecule has 0 unspecified atom stereocenters. The van der Waals surface area contributed by atoms with E-state index in [1.54, 1.807) is 17.8 Å². The number of carboxylic acid groups (broad SMARTS) is 1. The number of hydrogen-bond donors (Lipinski definition) is 2. The predicted octanol–water partition coefficient (Wildman–Crippen LogP) is 7.04. The van der Waals surface area contributed by atoms with Crippen molar-refractivity contribution in [3.8, 4) is 16.9 Å². The summed E-state index contributed by atoms with van der Waals surface area (Å²) in [6, 6.07) is 15.1. The van der Waals surface area contributed by atoms with E-state index < -0.39 is 29.6 Å². The van der Waals surface area contributed by atoms with Crippen LogP contribution in [0.1, 0.15) is 32.8 Å². The highest BCUT2D eigenvalue weighted by atomic mass is 32.2. The second-order valence-electron chi connectivity index (χ2n) is 9.62. The lowest BCUT2D eigenvalue weighted by molar-refractivity contribution is -0.139. The topological polar surface area (TPSA) is 88.5 Å². The number of aliphatic carboxylic acids is 1. The molecule has 218 valence electrons. The van der Waals surface area contributed by atoms with Crippen LogP contribution in [-0.4, -0.2) is 46.6 Å². The average molecular weight is 609 g/mol. The van der Waals surface area contributed by atoms with Gasteiger partial charge in [-0.05, 0) is 71.7 Å². The number of nitrogens with zero attached hydrogens (tertiary/aromatic N) is 1. The summed E-state index contributed by atoms with van der Waals surface area (Å²) in [4.78, 5) is 30.2. The molecule has 1 amide bonds. The van der Waals surface area contributed by atoms with Crippen molar-refractivity contribution in [3.05, 3.63) is 111 Å². The van der Waals surface area contributed by atoms with Gasteiger partial charge in [-0.1, -0.05) is 36.4 Å². The number of aromatic nitrogens is 1. The van der Waals surface area contributed by atoms with Gasteiger partial charge in [-0.2, -0.15) is 11.8 Å². The molecule has 42 heavy (non-hydrogen) atoms. The molecule has 0 bridgehead atoms. The maximum absolute atomic E-state index is 13.7.